The molecule has 0 aliphatic heterocycles. The van der Waals surface area contributed by atoms with Crippen LogP contribution in [0.3, 0.4) is 0 Å². The van der Waals surface area contributed by atoms with Crippen molar-refractivity contribution in [2.45, 2.75) is 5.92 Å². The summed E-state index contributed by atoms with van der Waals surface area (Å²) in [5.41, 5.74) is 12.7. The van der Waals surface area contributed by atoms with Crippen LogP contribution in [0, 0.1) is 10.8 Å². The molecule has 0 saturated heterocycles. The van der Waals surface area contributed by atoms with E-state index in [-0.39, 0.29) is 33.2 Å². The van der Waals surface area contributed by atoms with E-state index in [1.54, 1.807) is 6.20 Å². The van der Waals surface area contributed by atoms with Crippen LogP contribution in [0.25, 0.3) is 10.9 Å². The van der Waals surface area contributed by atoms with Gasteiger partial charge in [-0.05, 0) is 11.6 Å². The molecule has 0 saturated carbocycles. The van der Waals surface area contributed by atoms with Crippen LogP contribution in [-0.4, -0.2) is 32.0 Å². The van der Waals surface area contributed by atoms with Gasteiger partial charge in [-0.1, -0.05) is 41.7 Å². The van der Waals surface area contributed by atoms with Crippen molar-refractivity contribution >= 4 is 61.7 Å². The molecule has 0 bridgehead atoms. The molecular weight excluding hydrogens is 384 g/mol. The second-order valence-corrected chi connectivity index (χ2v) is 6.49. The van der Waals surface area contributed by atoms with Crippen LogP contribution in [0.5, 0.6) is 0 Å². The Kier molecular flexibility index (Phi) is 7.63. The highest BCUT2D eigenvalue weighted by Crippen LogP contribution is 2.29. The van der Waals surface area contributed by atoms with Crippen molar-refractivity contribution in [2.24, 2.45) is 11.5 Å². The Balaban J connectivity index is 0.00000242. The number of halogens is 1. The van der Waals surface area contributed by atoms with Gasteiger partial charge >= 0.3 is 0 Å². The summed E-state index contributed by atoms with van der Waals surface area (Å²) in [6.45, 7) is 0. The summed E-state index contributed by atoms with van der Waals surface area (Å²) in [5, 5.41) is 24.1. The van der Waals surface area contributed by atoms with Gasteiger partial charge in [0, 0.05) is 22.8 Å². The molecule has 0 fully saturated rings. The minimum absolute atomic E-state index is 0. The van der Waals surface area contributed by atoms with E-state index < -0.39 is 0 Å². The highest BCUT2D eigenvalue weighted by molar-refractivity contribution is 8.93. The summed E-state index contributed by atoms with van der Waals surface area (Å²) in [6.07, 6.45) is 1.74. The number of fused-ring (bicyclic) bond motifs is 1. The zero-order valence-corrected chi connectivity index (χ0v) is 15.0. The number of aromatic nitrogens is 2. The Morgan fingerprint density at radius 2 is 1.68 bits per heavy atom. The first-order valence-corrected chi connectivity index (χ1v) is 8.19. The lowest BCUT2D eigenvalue weighted by Crippen LogP contribution is -2.14. The van der Waals surface area contributed by atoms with Gasteiger partial charge in [0.15, 0.2) is 10.3 Å². The molecule has 0 aliphatic carbocycles. The number of nitrogens with two attached hydrogens (primary N) is 2. The zero-order chi connectivity index (χ0) is 15.2. The van der Waals surface area contributed by atoms with Crippen LogP contribution in [-0.2, 0) is 0 Å². The lowest BCUT2D eigenvalue weighted by molar-refractivity contribution is 0.886. The summed E-state index contributed by atoms with van der Waals surface area (Å²) in [4.78, 5) is 0. The third-order valence-electron chi connectivity index (χ3n) is 2.90. The third kappa shape index (κ3) is 5.15. The molecule has 118 valence electrons. The predicted molar refractivity (Wildman–Crippen MR) is 101 cm³/mol. The molecule has 6 N–H and O–H groups in total. The molecule has 2 aromatic rings. The number of nitrogens with one attached hydrogen (secondary N) is 2. The van der Waals surface area contributed by atoms with Crippen molar-refractivity contribution < 1.29 is 0 Å². The fraction of sp³-hybridized carbons (Fsp3) is 0.231. The lowest BCUT2D eigenvalue weighted by Gasteiger charge is -2.17. The van der Waals surface area contributed by atoms with Crippen LogP contribution in [0.15, 0.2) is 30.5 Å². The van der Waals surface area contributed by atoms with E-state index >= 15 is 0 Å². The van der Waals surface area contributed by atoms with Gasteiger partial charge in [0.25, 0.3) is 0 Å². The molecule has 0 unspecified atom stereocenters. The standard InChI is InChI=1S/C13H16N6S2.BrH/c14-12(15)20-6-8(7-21-13(16)17)10-5-18-19-11-4-2-1-3-9(10)11;/h1-5,8H,6-7H2,(H3,14,15)(H3,16,17);1H. The predicted octanol–water partition coefficient (Wildman–Crippen LogP) is 2.54. The fourth-order valence-corrected chi connectivity index (χ4v) is 3.47. The smallest absolute Gasteiger partial charge is 0.151 e. The van der Waals surface area contributed by atoms with E-state index in [0.29, 0.717) is 11.5 Å². The average Bonchev–Trinajstić information content (AvgIpc) is 2.46. The van der Waals surface area contributed by atoms with Gasteiger partial charge in [-0.2, -0.15) is 10.2 Å². The quantitative estimate of drug-likeness (QED) is 0.451. The third-order valence-corrected chi connectivity index (χ3v) is 4.66. The minimum Gasteiger partial charge on any atom is -0.379 e. The molecule has 1 aromatic carbocycles. The second-order valence-electron chi connectivity index (χ2n) is 4.36. The highest BCUT2D eigenvalue weighted by atomic mass is 79.9. The van der Waals surface area contributed by atoms with Crippen LogP contribution >= 0.6 is 40.5 Å². The van der Waals surface area contributed by atoms with Gasteiger partial charge in [0.1, 0.15) is 0 Å². The number of thioether (sulfide) groups is 2. The number of benzene rings is 1. The molecule has 0 aliphatic rings. The molecule has 6 nitrogen and oxygen atoms in total. The number of amidine groups is 2. The molecule has 0 radical (unpaired) electrons. The molecule has 0 amide bonds. The Bertz CT molecular complexity index is 643. The van der Waals surface area contributed by atoms with E-state index in [1.165, 1.54) is 23.5 Å². The van der Waals surface area contributed by atoms with Gasteiger partial charge in [-0.25, -0.2) is 0 Å². The second kappa shape index (κ2) is 8.96. The van der Waals surface area contributed by atoms with E-state index in [9.17, 15) is 0 Å². The normalized spacial score (nSPS) is 11.6. The Morgan fingerprint density at radius 3 is 2.27 bits per heavy atom. The van der Waals surface area contributed by atoms with Gasteiger partial charge < -0.3 is 11.5 Å². The summed E-state index contributed by atoms with van der Waals surface area (Å²) < 4.78 is 0. The van der Waals surface area contributed by atoms with Crippen LogP contribution < -0.4 is 11.5 Å². The molecule has 0 atom stereocenters. The van der Waals surface area contributed by atoms with E-state index in [0.717, 1.165) is 16.5 Å². The average molecular weight is 401 g/mol. The number of hydrogen-bond donors (Lipinski definition) is 4. The van der Waals surface area contributed by atoms with Crippen LogP contribution in [0.4, 0.5) is 0 Å². The Labute approximate surface area is 147 Å². The molecular formula is C13H17BrN6S2. The lowest BCUT2D eigenvalue weighted by atomic mass is 10.0. The number of nitrogens with zero attached hydrogens (tertiary/aromatic N) is 2. The van der Waals surface area contributed by atoms with Gasteiger partial charge in [-0.15, -0.1) is 17.0 Å². The fourth-order valence-electron chi connectivity index (χ4n) is 1.96. The van der Waals surface area contributed by atoms with Crippen LogP contribution in [0.1, 0.15) is 11.5 Å². The Morgan fingerprint density at radius 1 is 1.09 bits per heavy atom. The topological polar surface area (TPSA) is 126 Å². The minimum atomic E-state index is 0. The summed E-state index contributed by atoms with van der Waals surface area (Å²) in [6, 6.07) is 7.80. The van der Waals surface area contributed by atoms with E-state index in [4.69, 9.17) is 22.3 Å². The van der Waals surface area contributed by atoms with Crippen molar-refractivity contribution in [3.05, 3.63) is 36.0 Å². The summed E-state index contributed by atoms with van der Waals surface area (Å²) in [7, 11) is 0. The van der Waals surface area contributed by atoms with Crippen molar-refractivity contribution in [2.75, 3.05) is 11.5 Å². The summed E-state index contributed by atoms with van der Waals surface area (Å²) in [5.74, 6) is 1.38. The van der Waals surface area contributed by atoms with Crippen molar-refractivity contribution in [3.8, 4) is 0 Å². The molecule has 0 spiro atoms. The number of hydrogen-bond acceptors (Lipinski definition) is 6. The van der Waals surface area contributed by atoms with E-state index in [1.807, 2.05) is 24.3 Å². The Hall–Kier alpha value is -1.32. The molecule has 1 heterocycles. The molecule has 22 heavy (non-hydrogen) atoms. The molecule has 1 aromatic heterocycles. The molecule has 9 heteroatoms. The SMILES string of the molecule is Br.N=C(N)SCC(CSC(=N)N)c1cnnc2ccccc12. The molecule has 2 rings (SSSR count). The van der Waals surface area contributed by atoms with Gasteiger partial charge in [0.2, 0.25) is 0 Å². The first-order chi connectivity index (χ1) is 10.1. The highest BCUT2D eigenvalue weighted by Gasteiger charge is 2.17. The van der Waals surface area contributed by atoms with Crippen LogP contribution in [0.2, 0.25) is 0 Å². The maximum atomic E-state index is 7.37. The first kappa shape index (κ1) is 18.7. The first-order valence-electron chi connectivity index (χ1n) is 6.22. The maximum absolute atomic E-state index is 7.37. The van der Waals surface area contributed by atoms with Gasteiger partial charge in [-0.3, -0.25) is 10.8 Å². The largest absolute Gasteiger partial charge is 0.379 e. The summed E-state index contributed by atoms with van der Waals surface area (Å²) >= 11 is 2.57. The number of rotatable bonds is 5. The van der Waals surface area contributed by atoms with Gasteiger partial charge in [0.05, 0.1) is 11.7 Å². The van der Waals surface area contributed by atoms with Crippen molar-refractivity contribution in [1.29, 1.82) is 10.8 Å². The van der Waals surface area contributed by atoms with E-state index in [2.05, 4.69) is 10.2 Å². The zero-order valence-electron chi connectivity index (χ0n) is 11.7. The monoisotopic (exact) mass is 400 g/mol. The van der Waals surface area contributed by atoms with Crippen molar-refractivity contribution in [1.82, 2.24) is 10.2 Å². The van der Waals surface area contributed by atoms with Crippen molar-refractivity contribution in [3.63, 3.8) is 0 Å². The maximum Gasteiger partial charge on any atom is 0.151 e.